The van der Waals surface area contributed by atoms with Gasteiger partial charge in [-0.05, 0) is 30.5 Å². The topological polar surface area (TPSA) is 51.0 Å². The van der Waals surface area contributed by atoms with Crippen molar-refractivity contribution in [3.05, 3.63) is 23.8 Å². The molecule has 120 valence electrons. The van der Waals surface area contributed by atoms with Crippen LogP contribution in [-0.4, -0.2) is 54.9 Å². The zero-order valence-corrected chi connectivity index (χ0v) is 13.0. The highest BCUT2D eigenvalue weighted by atomic mass is 16.7. The second-order valence-corrected chi connectivity index (χ2v) is 6.66. The maximum Gasteiger partial charge on any atom is 0.231 e. The molecule has 22 heavy (non-hydrogen) atoms. The van der Waals surface area contributed by atoms with E-state index in [1.54, 1.807) is 0 Å². The van der Waals surface area contributed by atoms with Crippen molar-refractivity contribution in [2.24, 2.45) is 5.73 Å². The number of nitrogens with two attached hydrogens (primary N) is 1. The molecule has 1 aromatic rings. The molecule has 2 aliphatic heterocycles. The van der Waals surface area contributed by atoms with E-state index < -0.39 is 0 Å². The van der Waals surface area contributed by atoms with E-state index in [1.165, 1.54) is 24.8 Å². The van der Waals surface area contributed by atoms with Crippen LogP contribution in [0.1, 0.15) is 24.8 Å². The van der Waals surface area contributed by atoms with Crippen molar-refractivity contribution in [2.75, 3.05) is 33.0 Å². The molecular weight excluding hydrogens is 278 g/mol. The zero-order valence-electron chi connectivity index (χ0n) is 13.0. The van der Waals surface area contributed by atoms with Crippen LogP contribution in [0.3, 0.4) is 0 Å². The summed E-state index contributed by atoms with van der Waals surface area (Å²) in [5.41, 5.74) is 7.54. The summed E-state index contributed by atoms with van der Waals surface area (Å²) in [5.74, 6) is 1.75. The van der Waals surface area contributed by atoms with Crippen LogP contribution < -0.4 is 15.2 Å². The van der Waals surface area contributed by atoms with Gasteiger partial charge in [-0.25, -0.2) is 0 Å². The molecule has 5 heteroatoms. The van der Waals surface area contributed by atoms with Gasteiger partial charge in [-0.3, -0.25) is 9.80 Å². The molecular formula is C17H25N3O2. The Balaban J connectivity index is 1.32. The van der Waals surface area contributed by atoms with Gasteiger partial charge in [0, 0.05) is 44.8 Å². The van der Waals surface area contributed by atoms with Crippen LogP contribution in [0.4, 0.5) is 0 Å². The molecule has 0 spiro atoms. The van der Waals surface area contributed by atoms with Gasteiger partial charge < -0.3 is 15.2 Å². The van der Waals surface area contributed by atoms with E-state index in [0.29, 0.717) is 18.9 Å². The SMILES string of the molecule is NC1CCCC1N1CCN(Cc2ccc3c(c2)OCO3)CC1. The summed E-state index contributed by atoms with van der Waals surface area (Å²) >= 11 is 0. The molecule has 0 radical (unpaired) electrons. The summed E-state index contributed by atoms with van der Waals surface area (Å²) in [7, 11) is 0. The van der Waals surface area contributed by atoms with E-state index in [4.69, 9.17) is 15.2 Å². The Morgan fingerprint density at radius 2 is 1.86 bits per heavy atom. The molecule has 2 atom stereocenters. The quantitative estimate of drug-likeness (QED) is 0.915. The first kappa shape index (κ1) is 14.3. The zero-order chi connectivity index (χ0) is 14.9. The highest BCUT2D eigenvalue weighted by Crippen LogP contribution is 2.33. The minimum absolute atomic E-state index is 0.346. The van der Waals surface area contributed by atoms with E-state index in [9.17, 15) is 0 Å². The van der Waals surface area contributed by atoms with Crippen molar-refractivity contribution in [3.63, 3.8) is 0 Å². The average molecular weight is 303 g/mol. The summed E-state index contributed by atoms with van der Waals surface area (Å²) < 4.78 is 10.8. The maximum absolute atomic E-state index is 6.24. The van der Waals surface area contributed by atoms with Crippen molar-refractivity contribution in [1.29, 1.82) is 0 Å². The van der Waals surface area contributed by atoms with Gasteiger partial charge in [0.25, 0.3) is 0 Å². The molecule has 0 bridgehead atoms. The summed E-state index contributed by atoms with van der Waals surface area (Å²) in [6, 6.07) is 7.29. The third-order valence-corrected chi connectivity index (χ3v) is 5.25. The summed E-state index contributed by atoms with van der Waals surface area (Å²) in [5, 5.41) is 0. The van der Waals surface area contributed by atoms with Crippen LogP contribution >= 0.6 is 0 Å². The van der Waals surface area contributed by atoms with Crippen LogP contribution in [0.15, 0.2) is 18.2 Å². The number of benzene rings is 1. The molecule has 2 heterocycles. The molecule has 1 aliphatic carbocycles. The third kappa shape index (κ3) is 2.81. The Kier molecular flexibility index (Phi) is 3.94. The van der Waals surface area contributed by atoms with Crippen LogP contribution in [0.25, 0.3) is 0 Å². The number of ether oxygens (including phenoxy) is 2. The number of hydrogen-bond acceptors (Lipinski definition) is 5. The van der Waals surface area contributed by atoms with Crippen LogP contribution in [0.2, 0.25) is 0 Å². The number of rotatable bonds is 3. The van der Waals surface area contributed by atoms with Gasteiger partial charge >= 0.3 is 0 Å². The fourth-order valence-corrected chi connectivity index (χ4v) is 3.97. The normalized spacial score (nSPS) is 29.1. The smallest absolute Gasteiger partial charge is 0.231 e. The highest BCUT2D eigenvalue weighted by Gasteiger charge is 2.31. The maximum atomic E-state index is 6.24. The number of nitrogens with zero attached hydrogens (tertiary/aromatic N) is 2. The lowest BCUT2D eigenvalue weighted by Gasteiger charge is -2.39. The highest BCUT2D eigenvalue weighted by molar-refractivity contribution is 5.44. The first-order valence-electron chi connectivity index (χ1n) is 8.40. The summed E-state index contributed by atoms with van der Waals surface area (Å²) in [4.78, 5) is 5.13. The van der Waals surface area contributed by atoms with E-state index >= 15 is 0 Å². The molecule has 2 N–H and O–H groups in total. The van der Waals surface area contributed by atoms with Gasteiger partial charge in [0.15, 0.2) is 11.5 Å². The second-order valence-electron chi connectivity index (χ2n) is 6.66. The van der Waals surface area contributed by atoms with Crippen LogP contribution in [-0.2, 0) is 6.54 Å². The fourth-order valence-electron chi connectivity index (χ4n) is 3.97. The molecule has 1 aromatic carbocycles. The Morgan fingerprint density at radius 1 is 1.05 bits per heavy atom. The fraction of sp³-hybridized carbons (Fsp3) is 0.647. The van der Waals surface area contributed by atoms with E-state index in [2.05, 4.69) is 21.9 Å². The van der Waals surface area contributed by atoms with Gasteiger partial charge in [0.1, 0.15) is 0 Å². The predicted molar refractivity (Wildman–Crippen MR) is 85.0 cm³/mol. The minimum Gasteiger partial charge on any atom is -0.454 e. The predicted octanol–water partition coefficient (Wildman–Crippen LogP) is 1.41. The standard InChI is InChI=1S/C17H25N3O2/c18-14-2-1-3-15(14)20-8-6-19(7-9-20)11-13-4-5-16-17(10-13)22-12-21-16/h4-5,10,14-15H,1-3,6-9,11-12,18H2. The molecule has 1 saturated carbocycles. The third-order valence-electron chi connectivity index (χ3n) is 5.25. The average Bonchev–Trinajstić information content (AvgIpc) is 3.16. The Morgan fingerprint density at radius 3 is 2.64 bits per heavy atom. The van der Waals surface area contributed by atoms with Gasteiger partial charge in [-0.15, -0.1) is 0 Å². The minimum atomic E-state index is 0.346. The lowest BCUT2D eigenvalue weighted by molar-refractivity contribution is 0.0879. The number of fused-ring (bicyclic) bond motifs is 1. The number of hydrogen-bond donors (Lipinski definition) is 1. The molecule has 3 aliphatic rings. The second kappa shape index (κ2) is 6.07. The van der Waals surface area contributed by atoms with Gasteiger partial charge in [-0.2, -0.15) is 0 Å². The van der Waals surface area contributed by atoms with Gasteiger partial charge in [0.2, 0.25) is 6.79 Å². The first-order valence-corrected chi connectivity index (χ1v) is 8.40. The van der Waals surface area contributed by atoms with E-state index in [-0.39, 0.29) is 0 Å². The van der Waals surface area contributed by atoms with Gasteiger partial charge in [0.05, 0.1) is 0 Å². The number of piperazine rings is 1. The summed E-state index contributed by atoms with van der Waals surface area (Å²) in [6.07, 6.45) is 3.77. The monoisotopic (exact) mass is 303 g/mol. The molecule has 4 rings (SSSR count). The van der Waals surface area contributed by atoms with Crippen LogP contribution in [0.5, 0.6) is 11.5 Å². The Labute approximate surface area is 132 Å². The van der Waals surface area contributed by atoms with Crippen molar-refractivity contribution >= 4 is 0 Å². The first-order chi connectivity index (χ1) is 10.8. The van der Waals surface area contributed by atoms with E-state index in [1.807, 2.05) is 6.07 Å². The lowest BCUT2D eigenvalue weighted by Crippen LogP contribution is -2.53. The molecule has 1 saturated heterocycles. The van der Waals surface area contributed by atoms with Gasteiger partial charge in [-0.1, -0.05) is 12.5 Å². The summed E-state index contributed by atoms with van der Waals surface area (Å²) in [6.45, 7) is 5.86. The molecule has 5 nitrogen and oxygen atoms in total. The van der Waals surface area contributed by atoms with Crippen molar-refractivity contribution in [2.45, 2.75) is 37.9 Å². The molecule has 2 unspecified atom stereocenters. The van der Waals surface area contributed by atoms with Crippen LogP contribution in [0, 0.1) is 0 Å². The Bertz CT molecular complexity index is 529. The van der Waals surface area contributed by atoms with E-state index in [0.717, 1.165) is 44.2 Å². The molecule has 0 amide bonds. The largest absolute Gasteiger partial charge is 0.454 e. The molecule has 0 aromatic heterocycles. The Hall–Kier alpha value is -1.30. The van der Waals surface area contributed by atoms with Crippen molar-refractivity contribution in [1.82, 2.24) is 9.80 Å². The van der Waals surface area contributed by atoms with Crippen molar-refractivity contribution < 1.29 is 9.47 Å². The lowest BCUT2D eigenvalue weighted by atomic mass is 10.1. The molecule has 2 fully saturated rings. The van der Waals surface area contributed by atoms with Crippen molar-refractivity contribution in [3.8, 4) is 11.5 Å².